The van der Waals surface area contributed by atoms with Crippen LogP contribution in [-0.4, -0.2) is 109 Å². The third kappa shape index (κ3) is 34.3. The first-order valence-corrected chi connectivity index (χ1v) is 11.5. The van der Waals surface area contributed by atoms with Crippen LogP contribution in [0.3, 0.4) is 0 Å². The van der Waals surface area contributed by atoms with Gasteiger partial charge in [0.1, 0.15) is 0 Å². The number of carboxylic acid groups (broad SMARTS) is 1. The monoisotopic (exact) mass is 581 g/mol. The first kappa shape index (κ1) is 40.2. The normalized spacial score (nSPS) is 22.3. The largest absolute Gasteiger partial charge is 2.00 e. The zero-order valence-corrected chi connectivity index (χ0v) is 20.2. The molecule has 3 heterocycles. The minimum atomic E-state index is -4.94. The number of rotatable bonds is 2. The Labute approximate surface area is 206 Å². The molecule has 3 fully saturated rings. The van der Waals surface area contributed by atoms with E-state index < -0.39 is 26.5 Å². The van der Waals surface area contributed by atoms with Gasteiger partial charge >= 0.3 is 23.0 Å². The summed E-state index contributed by atoms with van der Waals surface area (Å²) in [4.78, 5) is 18.0. The quantitative estimate of drug-likeness (QED) is 0.285. The molecule has 0 spiro atoms. The molecule has 16 nitrogen and oxygen atoms in total. The van der Waals surface area contributed by atoms with Crippen LogP contribution in [0.1, 0.15) is 12.8 Å². The average Bonchev–Trinajstić information content (AvgIpc) is 2.55. The van der Waals surface area contributed by atoms with Gasteiger partial charge in [-0.25, -0.2) is 37.3 Å². The van der Waals surface area contributed by atoms with E-state index in [1.54, 1.807) is 0 Å². The summed E-state index contributed by atoms with van der Waals surface area (Å²) in [7, 11) is -9.89. The zero-order chi connectivity index (χ0) is 23.2. The van der Waals surface area contributed by atoms with Crippen LogP contribution in [0.2, 0.25) is 0 Å². The number of aliphatic carboxylic acids is 1. The summed E-state index contributed by atoms with van der Waals surface area (Å²) in [5.41, 5.74) is 0. The van der Waals surface area contributed by atoms with Crippen LogP contribution >= 0.6 is 0 Å². The third-order valence-corrected chi connectivity index (χ3v) is 4.21. The summed E-state index contributed by atoms with van der Waals surface area (Å²) < 4.78 is 67.9. The molecule has 205 valence electrons. The van der Waals surface area contributed by atoms with E-state index in [0.717, 1.165) is 52.2 Å². The Morgan fingerprint density at radius 3 is 1.48 bits per heavy atom. The molecule has 2 bridgehead atoms. The van der Waals surface area contributed by atoms with Gasteiger partial charge in [-0.2, -0.15) is 0 Å². The second-order valence-electron chi connectivity index (χ2n) is 6.57. The van der Waals surface area contributed by atoms with Gasteiger partial charge in [0.2, 0.25) is 0 Å². The first-order chi connectivity index (χ1) is 13.7. The first-order valence-electron chi connectivity index (χ1n) is 9.07. The molecule has 3 rings (SSSR count). The van der Waals surface area contributed by atoms with E-state index >= 15 is 0 Å². The van der Waals surface area contributed by atoms with E-state index in [-0.39, 0.29) is 34.6 Å². The molecule has 0 saturated carbocycles. The zero-order valence-electron chi connectivity index (χ0n) is 17.7. The van der Waals surface area contributed by atoms with Gasteiger partial charge in [0.25, 0.3) is 0 Å². The molecule has 0 aromatic carbocycles. The number of hydrogen-bond donors (Lipinski definition) is 2. The molecule has 6 N–H and O–H groups in total. The van der Waals surface area contributed by atoms with Crippen LogP contribution in [0.5, 0.6) is 0 Å². The van der Waals surface area contributed by atoms with Crippen molar-refractivity contribution >= 4 is 5.97 Å². The Bertz CT molecular complexity index is 442. The second-order valence-corrected chi connectivity index (χ2v) is 8.08. The summed E-state index contributed by atoms with van der Waals surface area (Å²) in [5.74, 6) is -0.722. The van der Waals surface area contributed by atoms with E-state index in [1.807, 2.05) is 0 Å². The van der Waals surface area contributed by atoms with E-state index in [2.05, 4.69) is 20.0 Å². The molecule has 19 heteroatoms. The van der Waals surface area contributed by atoms with Gasteiger partial charge < -0.3 is 31.2 Å². The van der Waals surface area contributed by atoms with Gasteiger partial charge in [-0.05, 0) is 32.5 Å². The van der Waals surface area contributed by atoms with Gasteiger partial charge in [-0.1, -0.05) is 0 Å². The van der Waals surface area contributed by atoms with Crippen LogP contribution in [0.4, 0.5) is 0 Å². The van der Waals surface area contributed by atoms with Crippen LogP contribution in [0.15, 0.2) is 0 Å². The molecule has 33 heavy (non-hydrogen) atoms. The number of hydrogen-bond acceptors (Lipinski definition) is 13. The summed E-state index contributed by atoms with van der Waals surface area (Å²) in [6.45, 7) is 10.7. The Kier molecular flexibility index (Phi) is 25.9. The van der Waals surface area contributed by atoms with Crippen LogP contribution in [-0.2, 0) is 21.9 Å². The summed E-state index contributed by atoms with van der Waals surface area (Å²) in [6.07, 6.45) is 2.24. The molecule has 0 aromatic heterocycles. The number of piperazine rings is 1. The van der Waals surface area contributed by atoms with Crippen molar-refractivity contribution in [2.45, 2.75) is 12.8 Å². The fourth-order valence-electron chi connectivity index (χ4n) is 3.01. The molecular weight excluding hydrogens is 551 g/mol. The fraction of sp³-hybridized carbons (Fsp3) is 0.929. The molecule has 3 aliphatic rings. The maximum atomic E-state index is 10.9. The van der Waals surface area contributed by atoms with E-state index in [1.165, 1.54) is 26.1 Å². The van der Waals surface area contributed by atoms with Gasteiger partial charge in [0, 0.05) is 45.8 Å². The molecular formula is C14H32Cl2CuN4O12. The molecule has 3 saturated heterocycles. The fourth-order valence-corrected chi connectivity index (χ4v) is 3.01. The molecule has 0 amide bonds. The molecule has 0 aliphatic carbocycles. The second kappa shape index (κ2) is 21.3. The standard InChI is InChI=1S/C14H28N4O2.2ClHO4.Cu.2H2O/c19-14(20)13-18-7-2-6-17-11-9-16(10-12-17)5-1-3-15-4-8-18;2*2-1(3,4)5;;;/h15H,1-13H2,(H,19,20);2*(H,2,3,4,5);;2*1H2/q;;;+2;;/p-2. The average molecular weight is 583 g/mol. The number of halogens is 2. The van der Waals surface area contributed by atoms with Gasteiger partial charge in [-0.15, -0.1) is 20.5 Å². The maximum Gasteiger partial charge on any atom is 2.00 e. The minimum absolute atomic E-state index is 0. The third-order valence-electron chi connectivity index (χ3n) is 4.21. The van der Waals surface area contributed by atoms with Crippen LogP contribution < -0.4 is 42.6 Å². The molecule has 3 aliphatic heterocycles. The van der Waals surface area contributed by atoms with Crippen LogP contribution in [0.25, 0.3) is 0 Å². The topological polar surface area (TPSA) is 307 Å². The number of nitrogens with zero attached hydrogens (tertiary/aromatic N) is 3. The van der Waals surface area contributed by atoms with Gasteiger partial charge in [0.15, 0.2) is 0 Å². The van der Waals surface area contributed by atoms with Crippen molar-refractivity contribution in [3.63, 3.8) is 0 Å². The van der Waals surface area contributed by atoms with Crippen molar-refractivity contribution in [1.82, 2.24) is 20.0 Å². The van der Waals surface area contributed by atoms with Gasteiger partial charge in [0.05, 0.1) is 6.54 Å². The van der Waals surface area contributed by atoms with E-state index in [0.29, 0.717) is 0 Å². The number of fused-ring (bicyclic) bond motifs is 11. The Hall–Kier alpha value is 0.00948. The van der Waals surface area contributed by atoms with Crippen molar-refractivity contribution in [2.75, 3.05) is 72.0 Å². The van der Waals surface area contributed by atoms with Crippen molar-refractivity contribution in [3.05, 3.63) is 0 Å². The molecule has 0 aromatic rings. The van der Waals surface area contributed by atoms with Gasteiger partial charge in [-0.3, -0.25) is 9.69 Å². The SMILES string of the molecule is O.O.O=C(O)CN1CCCN2CCN(CCCNCC1)CC2.[Cu+2].[O-][Cl+3]([O-])([O-])[O-].[O-][Cl+3]([O-])([O-])[O-]. The minimum Gasteiger partial charge on any atom is -0.480 e. The maximum absolute atomic E-state index is 10.9. The Morgan fingerprint density at radius 1 is 0.697 bits per heavy atom. The van der Waals surface area contributed by atoms with E-state index in [9.17, 15) is 4.79 Å². The van der Waals surface area contributed by atoms with Crippen molar-refractivity contribution in [1.29, 1.82) is 0 Å². The smallest absolute Gasteiger partial charge is 0.480 e. The summed E-state index contributed by atoms with van der Waals surface area (Å²) >= 11 is 0. The van der Waals surface area contributed by atoms with Crippen molar-refractivity contribution in [3.8, 4) is 0 Å². The van der Waals surface area contributed by atoms with E-state index in [4.69, 9.17) is 42.4 Å². The van der Waals surface area contributed by atoms with Crippen LogP contribution in [0, 0.1) is 20.5 Å². The number of carboxylic acids is 1. The Morgan fingerprint density at radius 2 is 1.09 bits per heavy atom. The Balaban J connectivity index is -0.000000276. The molecule has 0 unspecified atom stereocenters. The number of carbonyl (C=O) groups is 1. The predicted molar refractivity (Wildman–Crippen MR) is 86.3 cm³/mol. The predicted octanol–water partition coefficient (Wildman–Crippen LogP) is -11.8. The summed E-state index contributed by atoms with van der Waals surface area (Å²) in [6, 6.07) is 0. The van der Waals surface area contributed by atoms with Crippen molar-refractivity contribution < 1.29 is 95.7 Å². The van der Waals surface area contributed by atoms with Crippen molar-refractivity contribution in [2.24, 2.45) is 0 Å². The molecule has 1 radical (unpaired) electrons. The summed E-state index contributed by atoms with van der Waals surface area (Å²) in [5, 5.41) is 12.4. The number of nitrogens with one attached hydrogen (secondary N) is 1. The molecule has 0 atom stereocenters.